The third-order valence-corrected chi connectivity index (χ3v) is 1.24. The molecule has 2 N–H and O–H groups in total. The number of rotatable bonds is 5. The van der Waals surface area contributed by atoms with Crippen LogP contribution in [0.4, 0.5) is 0 Å². The fourth-order valence-corrected chi connectivity index (χ4v) is 0.691. The van der Waals surface area contributed by atoms with Gasteiger partial charge in [-0.15, -0.1) is 0 Å². The molecule has 0 radical (unpaired) electrons. The molecule has 1 unspecified atom stereocenters. The molecule has 0 aromatic carbocycles. The first-order valence-corrected chi connectivity index (χ1v) is 3.39. The maximum absolute atomic E-state index is 10.1. The third kappa shape index (κ3) is 4.28. The topological polar surface area (TPSA) is 43.1 Å². The molecule has 60 valence electrons. The molecule has 0 heterocycles. The Morgan fingerprint density at radius 2 is 2.18 bits per heavy atom. The van der Waals surface area contributed by atoms with Crippen molar-refractivity contribution in [3.05, 3.63) is 37.0 Å². The molecule has 2 heteroatoms. The summed E-state index contributed by atoms with van der Waals surface area (Å²) in [4.78, 5) is 10.1. The van der Waals surface area contributed by atoms with E-state index in [-0.39, 0.29) is 0 Å². The highest BCUT2D eigenvalue weighted by Gasteiger charge is 2.00. The van der Waals surface area contributed by atoms with Crippen LogP contribution in [0, 0.1) is 0 Å². The van der Waals surface area contributed by atoms with E-state index in [9.17, 15) is 4.79 Å². The van der Waals surface area contributed by atoms with E-state index in [1.54, 1.807) is 18.2 Å². The molecule has 1 atom stereocenters. The Hall–Kier alpha value is -1.15. The predicted molar refractivity (Wildman–Crippen MR) is 47.1 cm³/mol. The number of aldehydes is 1. The van der Waals surface area contributed by atoms with Gasteiger partial charge in [-0.2, -0.15) is 0 Å². The number of nitrogens with two attached hydrogens (primary N) is 1. The molecule has 0 fully saturated rings. The van der Waals surface area contributed by atoms with Gasteiger partial charge in [-0.3, -0.25) is 0 Å². The summed E-state index contributed by atoms with van der Waals surface area (Å²) in [5, 5.41) is 0. The van der Waals surface area contributed by atoms with Crippen LogP contribution in [-0.2, 0) is 4.79 Å². The van der Waals surface area contributed by atoms with Gasteiger partial charge in [0.25, 0.3) is 0 Å². The van der Waals surface area contributed by atoms with E-state index in [1.165, 1.54) is 0 Å². The molecular formula is C9H13NO. The van der Waals surface area contributed by atoms with Crippen molar-refractivity contribution in [2.75, 3.05) is 0 Å². The fourth-order valence-electron chi connectivity index (χ4n) is 0.691. The standard InChI is InChI=1S/C9H13NO/c1-3-5-8(4-2)6-9(10)7-11/h3-5,7,9H,1-2,6,10H2/b8-5+. The minimum atomic E-state index is -0.431. The van der Waals surface area contributed by atoms with Gasteiger partial charge >= 0.3 is 0 Å². The molecule has 0 aromatic heterocycles. The van der Waals surface area contributed by atoms with Crippen LogP contribution < -0.4 is 5.73 Å². The van der Waals surface area contributed by atoms with E-state index in [0.29, 0.717) is 6.42 Å². The van der Waals surface area contributed by atoms with Gasteiger partial charge in [0.2, 0.25) is 0 Å². The van der Waals surface area contributed by atoms with E-state index in [2.05, 4.69) is 13.2 Å². The Kier molecular flexibility index (Phi) is 5.03. The summed E-state index contributed by atoms with van der Waals surface area (Å²) < 4.78 is 0. The van der Waals surface area contributed by atoms with Crippen LogP contribution in [0.3, 0.4) is 0 Å². The van der Waals surface area contributed by atoms with Crippen LogP contribution >= 0.6 is 0 Å². The Morgan fingerprint density at radius 3 is 2.55 bits per heavy atom. The monoisotopic (exact) mass is 151 g/mol. The fraction of sp³-hybridized carbons (Fsp3) is 0.222. The summed E-state index contributed by atoms with van der Waals surface area (Å²) in [6.07, 6.45) is 6.36. The first-order chi connectivity index (χ1) is 5.24. The van der Waals surface area contributed by atoms with Gasteiger partial charge in [0.1, 0.15) is 6.29 Å². The highest BCUT2D eigenvalue weighted by atomic mass is 16.1. The molecule has 0 aliphatic carbocycles. The molecule has 0 rings (SSSR count). The van der Waals surface area contributed by atoms with E-state index in [1.807, 2.05) is 0 Å². The highest BCUT2D eigenvalue weighted by molar-refractivity contribution is 5.58. The van der Waals surface area contributed by atoms with Crippen LogP contribution in [0.5, 0.6) is 0 Å². The van der Waals surface area contributed by atoms with Gasteiger partial charge in [0.15, 0.2) is 0 Å². The summed E-state index contributed by atoms with van der Waals surface area (Å²) in [5.74, 6) is 0. The van der Waals surface area contributed by atoms with Crippen molar-refractivity contribution >= 4 is 6.29 Å². The van der Waals surface area contributed by atoms with Crippen LogP contribution in [0.25, 0.3) is 0 Å². The number of carbonyl (C=O) groups is 1. The van der Waals surface area contributed by atoms with Crippen molar-refractivity contribution in [2.45, 2.75) is 12.5 Å². The van der Waals surface area contributed by atoms with Crippen molar-refractivity contribution in [3.8, 4) is 0 Å². The molecular weight excluding hydrogens is 138 g/mol. The maximum atomic E-state index is 10.1. The molecule has 0 bridgehead atoms. The van der Waals surface area contributed by atoms with Gasteiger partial charge in [0.05, 0.1) is 6.04 Å². The molecule has 0 saturated heterocycles. The summed E-state index contributed by atoms with van der Waals surface area (Å²) in [6.45, 7) is 7.11. The van der Waals surface area contributed by atoms with Crippen molar-refractivity contribution in [1.29, 1.82) is 0 Å². The first kappa shape index (κ1) is 9.85. The Labute approximate surface area is 67.1 Å². The van der Waals surface area contributed by atoms with Gasteiger partial charge < -0.3 is 10.5 Å². The largest absolute Gasteiger partial charge is 0.321 e. The van der Waals surface area contributed by atoms with Crippen LogP contribution in [-0.4, -0.2) is 12.3 Å². The quantitative estimate of drug-likeness (QED) is 0.474. The normalized spacial score (nSPS) is 13.7. The maximum Gasteiger partial charge on any atom is 0.137 e. The van der Waals surface area contributed by atoms with Crippen LogP contribution in [0.2, 0.25) is 0 Å². The molecule has 11 heavy (non-hydrogen) atoms. The zero-order chi connectivity index (χ0) is 8.69. The summed E-state index contributed by atoms with van der Waals surface area (Å²) in [5.41, 5.74) is 6.32. The number of hydrogen-bond acceptors (Lipinski definition) is 2. The number of hydrogen-bond donors (Lipinski definition) is 1. The second-order valence-electron chi connectivity index (χ2n) is 2.19. The molecule has 0 amide bonds. The summed E-state index contributed by atoms with van der Waals surface area (Å²) in [6, 6.07) is -0.431. The highest BCUT2D eigenvalue weighted by Crippen LogP contribution is 2.03. The smallest absolute Gasteiger partial charge is 0.137 e. The first-order valence-electron chi connectivity index (χ1n) is 3.39. The van der Waals surface area contributed by atoms with Crippen molar-refractivity contribution in [3.63, 3.8) is 0 Å². The van der Waals surface area contributed by atoms with E-state index < -0.39 is 6.04 Å². The van der Waals surface area contributed by atoms with Crippen molar-refractivity contribution < 1.29 is 4.79 Å². The molecule has 2 nitrogen and oxygen atoms in total. The summed E-state index contributed by atoms with van der Waals surface area (Å²) in [7, 11) is 0. The van der Waals surface area contributed by atoms with E-state index in [4.69, 9.17) is 5.73 Å². The zero-order valence-corrected chi connectivity index (χ0v) is 6.49. The minimum absolute atomic E-state index is 0.431. The second-order valence-corrected chi connectivity index (χ2v) is 2.19. The third-order valence-electron chi connectivity index (χ3n) is 1.24. The summed E-state index contributed by atoms with van der Waals surface area (Å²) >= 11 is 0. The van der Waals surface area contributed by atoms with Crippen molar-refractivity contribution in [1.82, 2.24) is 0 Å². The molecule has 0 aromatic rings. The lowest BCUT2D eigenvalue weighted by Gasteiger charge is -2.02. The molecule has 0 spiro atoms. The lowest BCUT2D eigenvalue weighted by atomic mass is 10.1. The Morgan fingerprint density at radius 1 is 1.55 bits per heavy atom. The number of carbonyl (C=O) groups excluding carboxylic acids is 1. The lowest BCUT2D eigenvalue weighted by Crippen LogP contribution is -2.21. The minimum Gasteiger partial charge on any atom is -0.321 e. The second kappa shape index (κ2) is 5.62. The van der Waals surface area contributed by atoms with Crippen LogP contribution in [0.15, 0.2) is 37.0 Å². The molecule has 0 aliphatic rings. The predicted octanol–water partition coefficient (Wildman–Crippen LogP) is 1.20. The van der Waals surface area contributed by atoms with Crippen LogP contribution in [0.1, 0.15) is 6.42 Å². The molecule has 0 aliphatic heterocycles. The SMILES string of the molecule is C=C/C=C(\C=C)CC(N)C=O. The van der Waals surface area contributed by atoms with E-state index >= 15 is 0 Å². The Bertz CT molecular complexity index is 182. The van der Waals surface area contributed by atoms with Crippen molar-refractivity contribution in [2.24, 2.45) is 5.73 Å². The van der Waals surface area contributed by atoms with Gasteiger partial charge in [-0.05, 0) is 12.0 Å². The lowest BCUT2D eigenvalue weighted by molar-refractivity contribution is -0.108. The van der Waals surface area contributed by atoms with Gasteiger partial charge in [-0.1, -0.05) is 31.4 Å². The van der Waals surface area contributed by atoms with Gasteiger partial charge in [-0.25, -0.2) is 0 Å². The zero-order valence-electron chi connectivity index (χ0n) is 6.49. The van der Waals surface area contributed by atoms with E-state index in [0.717, 1.165) is 11.9 Å². The Balaban J connectivity index is 4.07. The van der Waals surface area contributed by atoms with Gasteiger partial charge in [0, 0.05) is 0 Å². The average Bonchev–Trinajstić information content (AvgIpc) is 2.03. The average molecular weight is 151 g/mol. The molecule has 0 saturated carbocycles. The number of allylic oxidation sites excluding steroid dienone is 3.